The molecule has 1 amide bonds. The lowest BCUT2D eigenvalue weighted by molar-refractivity contribution is -0.227. The van der Waals surface area contributed by atoms with Gasteiger partial charge in [-0.25, -0.2) is 9.59 Å². The number of rotatable bonds is 4. The van der Waals surface area contributed by atoms with Gasteiger partial charge in [0.25, 0.3) is 5.91 Å². The summed E-state index contributed by atoms with van der Waals surface area (Å²) in [6.07, 6.45) is -3.47. The third-order valence-corrected chi connectivity index (χ3v) is 3.24. The molecule has 2 atom stereocenters. The molecule has 25 heavy (non-hydrogen) atoms. The Bertz CT molecular complexity index is 638. The second kappa shape index (κ2) is 7.52. The summed E-state index contributed by atoms with van der Waals surface area (Å²) in [5.74, 6) is -1.53. The van der Waals surface area contributed by atoms with Crippen molar-refractivity contribution in [2.45, 2.75) is 51.5 Å². The third-order valence-electron chi connectivity index (χ3n) is 3.24. The second-order valence-electron chi connectivity index (χ2n) is 6.52. The number of ether oxygens (including phenoxy) is 2. The molecule has 1 unspecified atom stereocenters. The lowest BCUT2D eigenvalue weighted by Gasteiger charge is -2.24. The zero-order chi connectivity index (χ0) is 18.6. The predicted molar refractivity (Wildman–Crippen MR) is 84.7 cm³/mol. The number of carbonyl (C=O) groups excluding carboxylic acids is 3. The highest BCUT2D eigenvalue weighted by molar-refractivity contribution is 5.83. The molecule has 1 aliphatic rings. The van der Waals surface area contributed by atoms with Crippen LogP contribution >= 0.6 is 0 Å². The fraction of sp³-hybridized carbons (Fsp3) is 0.471. The van der Waals surface area contributed by atoms with E-state index in [4.69, 9.17) is 14.3 Å². The first-order valence-corrected chi connectivity index (χ1v) is 7.84. The van der Waals surface area contributed by atoms with E-state index >= 15 is 0 Å². The molecule has 1 heterocycles. The van der Waals surface area contributed by atoms with E-state index < -0.39 is 36.0 Å². The fourth-order valence-corrected chi connectivity index (χ4v) is 2.15. The van der Waals surface area contributed by atoms with Gasteiger partial charge in [0, 0.05) is 18.4 Å². The van der Waals surface area contributed by atoms with Crippen molar-refractivity contribution in [2.75, 3.05) is 0 Å². The number of nitrogens with zero attached hydrogens (tertiary/aromatic N) is 1. The minimum Gasteiger partial charge on any atom is -0.429 e. The largest absolute Gasteiger partial charge is 0.510 e. The highest BCUT2D eigenvalue weighted by Crippen LogP contribution is 2.24. The van der Waals surface area contributed by atoms with E-state index in [1.54, 1.807) is 51.1 Å². The summed E-state index contributed by atoms with van der Waals surface area (Å²) in [6, 6.07) is 8.18. The molecule has 0 radical (unpaired) electrons. The Kier molecular flexibility index (Phi) is 5.63. The van der Waals surface area contributed by atoms with Gasteiger partial charge < -0.3 is 19.4 Å². The van der Waals surface area contributed by atoms with Gasteiger partial charge in [-0.2, -0.15) is 0 Å². The molecule has 1 N–H and O–H groups in total. The molecule has 1 aromatic carbocycles. The molecule has 1 aliphatic heterocycles. The smallest absolute Gasteiger partial charge is 0.429 e. The number of aliphatic hydroxyl groups is 1. The normalized spacial score (nSPS) is 18.6. The van der Waals surface area contributed by atoms with E-state index in [0.29, 0.717) is 10.6 Å². The van der Waals surface area contributed by atoms with Crippen LogP contribution in [-0.2, 0) is 23.9 Å². The van der Waals surface area contributed by atoms with E-state index in [1.165, 1.54) is 0 Å². The van der Waals surface area contributed by atoms with Crippen LogP contribution in [0.5, 0.6) is 0 Å². The minimum absolute atomic E-state index is 0.0668. The van der Waals surface area contributed by atoms with Gasteiger partial charge in [-0.15, -0.1) is 5.06 Å². The average Bonchev–Trinajstić information content (AvgIpc) is 2.83. The van der Waals surface area contributed by atoms with Gasteiger partial charge in [-0.05, 0) is 20.8 Å². The first kappa shape index (κ1) is 18.7. The van der Waals surface area contributed by atoms with E-state index in [9.17, 15) is 19.5 Å². The monoisotopic (exact) mass is 351 g/mol. The van der Waals surface area contributed by atoms with Crippen LogP contribution in [-0.4, -0.2) is 40.0 Å². The number of amides is 1. The van der Waals surface area contributed by atoms with Gasteiger partial charge in [-0.1, -0.05) is 30.3 Å². The lowest BCUT2D eigenvalue weighted by atomic mass is 10.1. The SMILES string of the molecule is CC(C)(C)OC(=O)O[C@H](C(=O)ON1C(=O)CCC1O)c1ccccc1. The maximum Gasteiger partial charge on any atom is 0.510 e. The molecule has 1 saturated heterocycles. The van der Waals surface area contributed by atoms with Crippen LogP contribution in [0.2, 0.25) is 0 Å². The van der Waals surface area contributed by atoms with Gasteiger partial charge in [0.1, 0.15) is 5.60 Å². The maximum absolute atomic E-state index is 12.4. The summed E-state index contributed by atoms with van der Waals surface area (Å²) in [4.78, 5) is 41.0. The maximum atomic E-state index is 12.4. The van der Waals surface area contributed by atoms with Gasteiger partial charge in [0.05, 0.1) is 0 Å². The average molecular weight is 351 g/mol. The van der Waals surface area contributed by atoms with E-state index in [2.05, 4.69) is 0 Å². The van der Waals surface area contributed by atoms with Gasteiger partial charge in [0.15, 0.2) is 6.23 Å². The zero-order valence-corrected chi connectivity index (χ0v) is 14.3. The van der Waals surface area contributed by atoms with E-state index in [1.807, 2.05) is 0 Å². The summed E-state index contributed by atoms with van der Waals surface area (Å²) < 4.78 is 10.2. The van der Waals surface area contributed by atoms with E-state index in [0.717, 1.165) is 0 Å². The molecule has 0 aliphatic carbocycles. The Morgan fingerprint density at radius 3 is 2.40 bits per heavy atom. The number of carbonyl (C=O) groups is 3. The Morgan fingerprint density at radius 2 is 1.88 bits per heavy atom. The molecule has 0 aromatic heterocycles. The molecule has 0 saturated carbocycles. The highest BCUT2D eigenvalue weighted by atomic mass is 16.8. The second-order valence-corrected chi connectivity index (χ2v) is 6.52. The highest BCUT2D eigenvalue weighted by Gasteiger charge is 2.37. The Hall–Kier alpha value is -2.61. The predicted octanol–water partition coefficient (Wildman–Crippen LogP) is 2.08. The van der Waals surface area contributed by atoms with E-state index in [-0.39, 0.29) is 12.8 Å². The molecule has 136 valence electrons. The first-order chi connectivity index (χ1) is 11.7. The third kappa shape index (κ3) is 5.18. The summed E-state index contributed by atoms with van der Waals surface area (Å²) in [5, 5.41) is 10.3. The molecule has 2 rings (SSSR count). The van der Waals surface area contributed by atoms with Crippen LogP contribution in [0.4, 0.5) is 4.79 Å². The van der Waals surface area contributed by atoms with Gasteiger partial charge >= 0.3 is 12.1 Å². The van der Waals surface area contributed by atoms with Crippen molar-refractivity contribution in [3.63, 3.8) is 0 Å². The molecular formula is C17H21NO7. The van der Waals surface area contributed by atoms with Gasteiger partial charge in [0.2, 0.25) is 6.10 Å². The van der Waals surface area contributed by atoms with Crippen molar-refractivity contribution in [3.05, 3.63) is 35.9 Å². The van der Waals surface area contributed by atoms with Gasteiger partial charge in [-0.3, -0.25) is 4.79 Å². The molecule has 1 aromatic rings. The quantitative estimate of drug-likeness (QED) is 0.829. The summed E-state index contributed by atoms with van der Waals surface area (Å²) >= 11 is 0. The van der Waals surface area contributed by atoms with Crippen molar-refractivity contribution >= 4 is 18.0 Å². The molecule has 8 nitrogen and oxygen atoms in total. The van der Waals surface area contributed by atoms with Crippen LogP contribution < -0.4 is 0 Å². The molecule has 0 bridgehead atoms. The van der Waals surface area contributed by atoms with Crippen molar-refractivity contribution in [1.29, 1.82) is 0 Å². The van der Waals surface area contributed by atoms with Crippen LogP contribution in [0, 0.1) is 0 Å². The van der Waals surface area contributed by atoms with Crippen LogP contribution in [0.25, 0.3) is 0 Å². The van der Waals surface area contributed by atoms with Crippen molar-refractivity contribution in [2.24, 2.45) is 0 Å². The Morgan fingerprint density at radius 1 is 1.24 bits per heavy atom. The number of hydroxylamine groups is 2. The lowest BCUT2D eigenvalue weighted by Crippen LogP contribution is -2.38. The summed E-state index contributed by atoms with van der Waals surface area (Å²) in [6.45, 7) is 4.97. The summed E-state index contributed by atoms with van der Waals surface area (Å²) in [5.41, 5.74) is -0.455. The molecule has 8 heteroatoms. The van der Waals surface area contributed by atoms with Crippen LogP contribution in [0.1, 0.15) is 45.3 Å². The van der Waals surface area contributed by atoms with Crippen LogP contribution in [0.15, 0.2) is 30.3 Å². The summed E-state index contributed by atoms with van der Waals surface area (Å²) in [7, 11) is 0. The molecular weight excluding hydrogens is 330 g/mol. The Balaban J connectivity index is 2.15. The van der Waals surface area contributed by atoms with Crippen molar-refractivity contribution in [1.82, 2.24) is 5.06 Å². The first-order valence-electron chi connectivity index (χ1n) is 7.84. The number of benzene rings is 1. The fourth-order valence-electron chi connectivity index (χ4n) is 2.15. The van der Waals surface area contributed by atoms with Crippen molar-refractivity contribution in [3.8, 4) is 0 Å². The van der Waals surface area contributed by atoms with Crippen LogP contribution in [0.3, 0.4) is 0 Å². The topological polar surface area (TPSA) is 102 Å². The van der Waals surface area contributed by atoms with Crippen molar-refractivity contribution < 1.29 is 33.8 Å². The number of hydrogen-bond donors (Lipinski definition) is 1. The zero-order valence-electron chi connectivity index (χ0n) is 14.3. The molecule has 0 spiro atoms. The molecule has 1 fully saturated rings. The number of hydrogen-bond acceptors (Lipinski definition) is 7. The Labute approximate surface area is 145 Å². The minimum atomic E-state index is -1.43. The number of aliphatic hydroxyl groups excluding tert-OH is 1. The standard InChI is InChI=1S/C17H21NO7/c1-17(2,3)24-16(22)23-14(11-7-5-4-6-8-11)15(21)25-18-12(19)9-10-13(18)20/h4-8,12,14,19H,9-10H2,1-3H3/t12?,14-/m0/s1.